The zero-order chi connectivity index (χ0) is 14.5. The molecule has 2 rings (SSSR count). The molecule has 2 aromatic rings. The number of furan rings is 1. The lowest BCUT2D eigenvalue weighted by molar-refractivity contribution is 0.411. The van der Waals surface area contributed by atoms with Crippen LogP contribution >= 0.6 is 15.9 Å². The molecular formula is C16H20BrNO2. The second-order valence-corrected chi connectivity index (χ2v) is 5.49. The average Bonchev–Trinajstić information content (AvgIpc) is 2.86. The molecule has 0 spiro atoms. The lowest BCUT2D eigenvalue weighted by Crippen LogP contribution is -2.23. The molecular weight excluding hydrogens is 318 g/mol. The third-order valence-corrected chi connectivity index (χ3v) is 3.95. The Morgan fingerprint density at radius 1 is 1.35 bits per heavy atom. The third kappa shape index (κ3) is 3.25. The van der Waals surface area contributed by atoms with Crippen molar-refractivity contribution in [1.82, 2.24) is 5.32 Å². The molecule has 0 aliphatic carbocycles. The summed E-state index contributed by atoms with van der Waals surface area (Å²) in [4.78, 5) is 0. The highest BCUT2D eigenvalue weighted by Gasteiger charge is 2.18. The summed E-state index contributed by atoms with van der Waals surface area (Å²) in [5.41, 5.74) is 3.45. The summed E-state index contributed by atoms with van der Waals surface area (Å²) in [5.74, 6) is 0.911. The van der Waals surface area contributed by atoms with Gasteiger partial charge in [-0.3, -0.25) is 0 Å². The minimum atomic E-state index is 0.118. The summed E-state index contributed by atoms with van der Waals surface area (Å²) in [6, 6.07) is 8.38. The van der Waals surface area contributed by atoms with Crippen LogP contribution < -0.4 is 10.1 Å². The normalized spacial score (nSPS) is 12.4. The summed E-state index contributed by atoms with van der Waals surface area (Å²) in [5, 5.41) is 3.56. The summed E-state index contributed by atoms with van der Waals surface area (Å²) in [6.07, 6.45) is 2.79. The monoisotopic (exact) mass is 337 g/mol. The number of ether oxygens (including phenoxy) is 1. The van der Waals surface area contributed by atoms with Crippen LogP contribution in [0.4, 0.5) is 0 Å². The van der Waals surface area contributed by atoms with Gasteiger partial charge in [0, 0.05) is 5.56 Å². The molecule has 1 N–H and O–H groups in total. The molecule has 0 bridgehead atoms. The fourth-order valence-corrected chi connectivity index (χ4v) is 2.76. The molecule has 20 heavy (non-hydrogen) atoms. The van der Waals surface area contributed by atoms with Crippen molar-refractivity contribution < 1.29 is 9.15 Å². The minimum absolute atomic E-state index is 0.118. The van der Waals surface area contributed by atoms with Crippen molar-refractivity contribution in [2.75, 3.05) is 13.7 Å². The fraction of sp³-hybridized carbons (Fsp3) is 0.375. The van der Waals surface area contributed by atoms with E-state index in [0.29, 0.717) is 0 Å². The molecule has 1 unspecified atom stereocenters. The van der Waals surface area contributed by atoms with Gasteiger partial charge in [-0.25, -0.2) is 0 Å². The van der Waals surface area contributed by atoms with E-state index in [1.54, 1.807) is 13.4 Å². The Morgan fingerprint density at radius 3 is 2.70 bits per heavy atom. The summed E-state index contributed by atoms with van der Waals surface area (Å²) >= 11 is 3.47. The largest absolute Gasteiger partial charge is 0.496 e. The maximum Gasteiger partial charge on any atom is 0.174 e. The average molecular weight is 338 g/mol. The van der Waals surface area contributed by atoms with Gasteiger partial charge in [0.2, 0.25) is 0 Å². The summed E-state index contributed by atoms with van der Waals surface area (Å²) < 4.78 is 11.5. The Labute approximate surface area is 128 Å². The Morgan fingerprint density at radius 2 is 2.15 bits per heavy atom. The van der Waals surface area contributed by atoms with Crippen LogP contribution in [0.25, 0.3) is 0 Å². The van der Waals surface area contributed by atoms with Gasteiger partial charge in [-0.1, -0.05) is 19.1 Å². The SMILES string of the molecule is CCCNC(c1ccc(OC)c(C)c1)c1ccoc1Br. The molecule has 1 aromatic heterocycles. The first kappa shape index (κ1) is 15.1. The van der Waals surface area contributed by atoms with Gasteiger partial charge in [0.15, 0.2) is 4.67 Å². The minimum Gasteiger partial charge on any atom is -0.496 e. The molecule has 0 radical (unpaired) electrons. The van der Waals surface area contributed by atoms with Crippen LogP contribution in [0.1, 0.15) is 36.1 Å². The second-order valence-electron chi connectivity index (χ2n) is 4.77. The standard InChI is InChI=1S/C16H20BrNO2/c1-4-8-18-15(13-7-9-20-16(13)17)12-5-6-14(19-3)11(2)10-12/h5-7,9-10,15,18H,4,8H2,1-3H3. The van der Waals surface area contributed by atoms with E-state index >= 15 is 0 Å². The van der Waals surface area contributed by atoms with Crippen LogP contribution in [0.5, 0.6) is 5.75 Å². The van der Waals surface area contributed by atoms with Crippen LogP contribution in [0.3, 0.4) is 0 Å². The molecule has 0 fully saturated rings. The van der Waals surface area contributed by atoms with E-state index in [1.807, 2.05) is 12.1 Å². The quantitative estimate of drug-likeness (QED) is 0.845. The number of halogens is 1. The van der Waals surface area contributed by atoms with Gasteiger partial charge in [0.05, 0.1) is 19.4 Å². The van der Waals surface area contributed by atoms with E-state index in [9.17, 15) is 0 Å². The van der Waals surface area contributed by atoms with E-state index in [-0.39, 0.29) is 6.04 Å². The van der Waals surface area contributed by atoms with Crippen molar-refractivity contribution in [3.8, 4) is 5.75 Å². The molecule has 1 atom stereocenters. The molecule has 108 valence electrons. The molecule has 0 amide bonds. The van der Waals surface area contributed by atoms with Gasteiger partial charge in [-0.05, 0) is 59.1 Å². The van der Waals surface area contributed by atoms with Gasteiger partial charge < -0.3 is 14.5 Å². The first-order chi connectivity index (χ1) is 9.67. The van der Waals surface area contributed by atoms with E-state index in [4.69, 9.17) is 9.15 Å². The highest BCUT2D eigenvalue weighted by molar-refractivity contribution is 9.10. The molecule has 3 nitrogen and oxygen atoms in total. The molecule has 0 aliphatic heterocycles. The number of methoxy groups -OCH3 is 1. The van der Waals surface area contributed by atoms with Crippen molar-refractivity contribution in [3.63, 3.8) is 0 Å². The van der Waals surface area contributed by atoms with Gasteiger partial charge in [0.25, 0.3) is 0 Å². The van der Waals surface area contributed by atoms with Crippen molar-refractivity contribution in [1.29, 1.82) is 0 Å². The van der Waals surface area contributed by atoms with E-state index in [0.717, 1.165) is 34.5 Å². The predicted octanol–water partition coefficient (Wildman–Crippen LogP) is 4.45. The molecule has 0 saturated heterocycles. The van der Waals surface area contributed by atoms with Gasteiger partial charge in [-0.2, -0.15) is 0 Å². The van der Waals surface area contributed by atoms with Crippen molar-refractivity contribution >= 4 is 15.9 Å². The smallest absolute Gasteiger partial charge is 0.174 e. The third-order valence-electron chi connectivity index (χ3n) is 3.31. The fourth-order valence-electron chi connectivity index (χ4n) is 2.29. The van der Waals surface area contributed by atoms with E-state index in [1.165, 1.54) is 5.56 Å². The molecule has 1 aromatic carbocycles. The lowest BCUT2D eigenvalue weighted by Gasteiger charge is -2.19. The van der Waals surface area contributed by atoms with Crippen LogP contribution in [0.15, 0.2) is 39.6 Å². The Kier molecular flexibility index (Phi) is 5.26. The van der Waals surface area contributed by atoms with Crippen LogP contribution in [-0.4, -0.2) is 13.7 Å². The zero-order valence-electron chi connectivity index (χ0n) is 12.1. The Hall–Kier alpha value is -1.26. The summed E-state index contributed by atoms with van der Waals surface area (Å²) in [7, 11) is 1.70. The first-order valence-corrected chi connectivity index (χ1v) is 7.57. The second kappa shape index (κ2) is 6.95. The summed E-state index contributed by atoms with van der Waals surface area (Å²) in [6.45, 7) is 5.17. The van der Waals surface area contributed by atoms with Crippen molar-refractivity contribution in [2.24, 2.45) is 0 Å². The van der Waals surface area contributed by atoms with Crippen LogP contribution in [0.2, 0.25) is 0 Å². The highest BCUT2D eigenvalue weighted by Crippen LogP contribution is 2.31. The number of nitrogens with one attached hydrogen (secondary N) is 1. The molecule has 4 heteroatoms. The zero-order valence-corrected chi connectivity index (χ0v) is 13.7. The topological polar surface area (TPSA) is 34.4 Å². The maximum atomic E-state index is 5.37. The molecule has 0 saturated carbocycles. The maximum absolute atomic E-state index is 5.37. The Balaban J connectivity index is 2.36. The van der Waals surface area contributed by atoms with Crippen molar-refractivity contribution in [2.45, 2.75) is 26.3 Å². The number of rotatable bonds is 6. The highest BCUT2D eigenvalue weighted by atomic mass is 79.9. The van der Waals surface area contributed by atoms with Crippen molar-refractivity contribution in [3.05, 3.63) is 51.9 Å². The van der Waals surface area contributed by atoms with E-state index < -0.39 is 0 Å². The van der Waals surface area contributed by atoms with Gasteiger partial charge in [-0.15, -0.1) is 0 Å². The first-order valence-electron chi connectivity index (χ1n) is 6.78. The van der Waals surface area contributed by atoms with E-state index in [2.05, 4.69) is 47.2 Å². The predicted molar refractivity (Wildman–Crippen MR) is 84.3 cm³/mol. The van der Waals surface area contributed by atoms with Gasteiger partial charge >= 0.3 is 0 Å². The van der Waals surface area contributed by atoms with Crippen LogP contribution in [0, 0.1) is 6.92 Å². The molecule has 1 heterocycles. The Bertz CT molecular complexity index is 565. The number of hydrogen-bond acceptors (Lipinski definition) is 3. The van der Waals surface area contributed by atoms with Gasteiger partial charge in [0.1, 0.15) is 5.75 Å². The van der Waals surface area contributed by atoms with Crippen LogP contribution in [-0.2, 0) is 0 Å². The lowest BCUT2D eigenvalue weighted by atomic mass is 9.99. The number of benzene rings is 1. The molecule has 0 aliphatic rings. The number of hydrogen-bond donors (Lipinski definition) is 1. The number of aryl methyl sites for hydroxylation is 1.